The fourth-order valence-electron chi connectivity index (χ4n) is 1.23. The van der Waals surface area contributed by atoms with Crippen LogP contribution in [0.1, 0.15) is 36.3 Å². The first-order chi connectivity index (χ1) is 7.50. The number of carboxylic acid groups (broad SMARTS) is 1. The van der Waals surface area contributed by atoms with Crippen LogP contribution in [0.3, 0.4) is 0 Å². The first-order valence-electron chi connectivity index (χ1n) is 5.31. The molecule has 1 aromatic heterocycles. The molecule has 0 bridgehead atoms. The number of nitrogens with zero attached hydrogens (tertiary/aromatic N) is 2. The van der Waals surface area contributed by atoms with Gasteiger partial charge in [0.15, 0.2) is 0 Å². The molecular formula is C11H17N3O2. The highest BCUT2D eigenvalue weighted by Crippen LogP contribution is 2.07. The molecule has 0 saturated carbocycles. The van der Waals surface area contributed by atoms with Crippen molar-refractivity contribution in [3.05, 3.63) is 17.5 Å². The van der Waals surface area contributed by atoms with Gasteiger partial charge in [0.1, 0.15) is 0 Å². The van der Waals surface area contributed by atoms with E-state index >= 15 is 0 Å². The van der Waals surface area contributed by atoms with Crippen molar-refractivity contribution in [3.8, 4) is 0 Å². The lowest BCUT2D eigenvalue weighted by Crippen LogP contribution is -2.10. The number of aromatic nitrogens is 2. The summed E-state index contributed by atoms with van der Waals surface area (Å²) >= 11 is 0. The number of aryl methyl sites for hydroxylation is 1. The molecule has 1 rings (SSSR count). The number of anilines is 1. The van der Waals surface area contributed by atoms with Gasteiger partial charge >= 0.3 is 5.97 Å². The zero-order valence-electron chi connectivity index (χ0n) is 9.82. The van der Waals surface area contributed by atoms with Crippen LogP contribution in [0.15, 0.2) is 6.20 Å². The van der Waals surface area contributed by atoms with Gasteiger partial charge in [-0.25, -0.2) is 14.8 Å². The summed E-state index contributed by atoms with van der Waals surface area (Å²) in [6.07, 6.45) is 2.37. The second-order valence-electron chi connectivity index (χ2n) is 4.11. The second kappa shape index (κ2) is 5.44. The molecule has 0 unspecified atom stereocenters. The average molecular weight is 223 g/mol. The molecule has 88 valence electrons. The third kappa shape index (κ3) is 3.49. The van der Waals surface area contributed by atoms with E-state index in [2.05, 4.69) is 29.1 Å². The molecule has 1 aromatic rings. The van der Waals surface area contributed by atoms with E-state index in [1.54, 1.807) is 6.92 Å². The summed E-state index contributed by atoms with van der Waals surface area (Å²) in [6.45, 7) is 6.74. The fourth-order valence-corrected chi connectivity index (χ4v) is 1.23. The van der Waals surface area contributed by atoms with Crippen LogP contribution in [0, 0.1) is 12.8 Å². The quantitative estimate of drug-likeness (QED) is 0.797. The average Bonchev–Trinajstić information content (AvgIpc) is 2.16. The standard InChI is InChI=1S/C11H17N3O2/c1-7(2)4-5-12-11-13-6-9(10(15)16)8(3)14-11/h6-7H,4-5H2,1-3H3,(H,15,16)(H,12,13,14). The van der Waals surface area contributed by atoms with Gasteiger partial charge in [0.05, 0.1) is 11.3 Å². The molecule has 1 heterocycles. The van der Waals surface area contributed by atoms with Crippen LogP contribution in [0.25, 0.3) is 0 Å². The molecule has 0 atom stereocenters. The molecule has 0 saturated heterocycles. The summed E-state index contributed by atoms with van der Waals surface area (Å²) in [5.74, 6) is 0.112. The highest BCUT2D eigenvalue weighted by Gasteiger charge is 2.09. The zero-order valence-corrected chi connectivity index (χ0v) is 9.82. The number of nitrogens with one attached hydrogen (secondary N) is 1. The fraction of sp³-hybridized carbons (Fsp3) is 0.545. The number of carbonyl (C=O) groups is 1. The van der Waals surface area contributed by atoms with Crippen molar-refractivity contribution in [3.63, 3.8) is 0 Å². The molecule has 0 amide bonds. The summed E-state index contributed by atoms with van der Waals surface area (Å²) in [5.41, 5.74) is 0.629. The van der Waals surface area contributed by atoms with E-state index in [4.69, 9.17) is 5.11 Å². The molecule has 0 aliphatic carbocycles. The molecular weight excluding hydrogens is 206 g/mol. The Bertz CT molecular complexity index is 377. The Kier molecular flexibility index (Phi) is 4.22. The van der Waals surface area contributed by atoms with Crippen molar-refractivity contribution in [2.24, 2.45) is 5.92 Å². The number of aromatic carboxylic acids is 1. The maximum absolute atomic E-state index is 10.7. The van der Waals surface area contributed by atoms with Gasteiger partial charge in [0.2, 0.25) is 5.95 Å². The third-order valence-electron chi connectivity index (χ3n) is 2.21. The lowest BCUT2D eigenvalue weighted by atomic mass is 10.1. The minimum atomic E-state index is -0.994. The van der Waals surface area contributed by atoms with Gasteiger partial charge in [0.25, 0.3) is 0 Å². The van der Waals surface area contributed by atoms with Crippen molar-refractivity contribution in [2.45, 2.75) is 27.2 Å². The normalized spacial score (nSPS) is 10.5. The molecule has 5 nitrogen and oxygen atoms in total. The van der Waals surface area contributed by atoms with E-state index in [-0.39, 0.29) is 5.56 Å². The van der Waals surface area contributed by atoms with Crippen LogP contribution in [0.2, 0.25) is 0 Å². The molecule has 16 heavy (non-hydrogen) atoms. The van der Waals surface area contributed by atoms with E-state index in [0.717, 1.165) is 13.0 Å². The van der Waals surface area contributed by atoms with E-state index in [1.807, 2.05) is 0 Å². The van der Waals surface area contributed by atoms with Crippen molar-refractivity contribution < 1.29 is 9.90 Å². The number of hydrogen-bond donors (Lipinski definition) is 2. The molecule has 0 radical (unpaired) electrons. The lowest BCUT2D eigenvalue weighted by Gasteiger charge is -2.07. The summed E-state index contributed by atoms with van der Waals surface area (Å²) in [5, 5.41) is 11.9. The van der Waals surface area contributed by atoms with Gasteiger partial charge in [0, 0.05) is 12.7 Å². The third-order valence-corrected chi connectivity index (χ3v) is 2.21. The summed E-state index contributed by atoms with van der Waals surface area (Å²) in [4.78, 5) is 18.8. The Morgan fingerprint density at radius 2 is 2.25 bits per heavy atom. The highest BCUT2D eigenvalue weighted by molar-refractivity contribution is 5.88. The maximum atomic E-state index is 10.7. The van der Waals surface area contributed by atoms with Gasteiger partial charge in [-0.2, -0.15) is 0 Å². The Hall–Kier alpha value is -1.65. The van der Waals surface area contributed by atoms with E-state index in [9.17, 15) is 4.79 Å². The summed E-state index contributed by atoms with van der Waals surface area (Å²) < 4.78 is 0. The van der Waals surface area contributed by atoms with Crippen LogP contribution in [0.5, 0.6) is 0 Å². The molecule has 2 N–H and O–H groups in total. The molecule has 5 heteroatoms. The predicted octanol–water partition coefficient (Wildman–Crippen LogP) is 1.94. The monoisotopic (exact) mass is 223 g/mol. The first kappa shape index (κ1) is 12.4. The molecule has 0 fully saturated rings. The smallest absolute Gasteiger partial charge is 0.339 e. The van der Waals surface area contributed by atoms with Gasteiger partial charge in [-0.05, 0) is 19.3 Å². The topological polar surface area (TPSA) is 75.1 Å². The maximum Gasteiger partial charge on any atom is 0.339 e. The number of rotatable bonds is 5. The molecule has 0 aliphatic rings. The van der Waals surface area contributed by atoms with Crippen LogP contribution in [-0.2, 0) is 0 Å². The SMILES string of the molecule is Cc1nc(NCCC(C)C)ncc1C(=O)O. The van der Waals surface area contributed by atoms with Crippen LogP contribution >= 0.6 is 0 Å². The first-order valence-corrected chi connectivity index (χ1v) is 5.31. The van der Waals surface area contributed by atoms with E-state index < -0.39 is 5.97 Å². The van der Waals surface area contributed by atoms with Crippen molar-refractivity contribution >= 4 is 11.9 Å². The van der Waals surface area contributed by atoms with Crippen molar-refractivity contribution in [1.82, 2.24) is 9.97 Å². The van der Waals surface area contributed by atoms with Gasteiger partial charge in [-0.15, -0.1) is 0 Å². The second-order valence-corrected chi connectivity index (χ2v) is 4.11. The molecule has 0 aromatic carbocycles. The summed E-state index contributed by atoms with van der Waals surface area (Å²) in [6, 6.07) is 0. The Labute approximate surface area is 94.9 Å². The van der Waals surface area contributed by atoms with Gasteiger partial charge < -0.3 is 10.4 Å². The molecule has 0 spiro atoms. The number of carboxylic acids is 1. The largest absolute Gasteiger partial charge is 0.478 e. The minimum Gasteiger partial charge on any atom is -0.478 e. The lowest BCUT2D eigenvalue weighted by molar-refractivity contribution is 0.0695. The minimum absolute atomic E-state index is 0.148. The van der Waals surface area contributed by atoms with Gasteiger partial charge in [-0.1, -0.05) is 13.8 Å². The van der Waals surface area contributed by atoms with Crippen LogP contribution in [-0.4, -0.2) is 27.6 Å². The number of hydrogen-bond acceptors (Lipinski definition) is 4. The van der Waals surface area contributed by atoms with Crippen molar-refractivity contribution in [1.29, 1.82) is 0 Å². The van der Waals surface area contributed by atoms with Gasteiger partial charge in [-0.3, -0.25) is 0 Å². The predicted molar refractivity (Wildman–Crippen MR) is 61.7 cm³/mol. The zero-order chi connectivity index (χ0) is 12.1. The van der Waals surface area contributed by atoms with E-state index in [0.29, 0.717) is 17.6 Å². The van der Waals surface area contributed by atoms with Crippen LogP contribution in [0.4, 0.5) is 5.95 Å². The molecule has 0 aliphatic heterocycles. The Morgan fingerprint density at radius 3 is 2.75 bits per heavy atom. The summed E-state index contributed by atoms with van der Waals surface area (Å²) in [7, 11) is 0. The van der Waals surface area contributed by atoms with E-state index in [1.165, 1.54) is 6.20 Å². The van der Waals surface area contributed by atoms with Crippen molar-refractivity contribution in [2.75, 3.05) is 11.9 Å². The van der Waals surface area contributed by atoms with Crippen LogP contribution < -0.4 is 5.32 Å². The Morgan fingerprint density at radius 1 is 1.56 bits per heavy atom. The Balaban J connectivity index is 2.63. The highest BCUT2D eigenvalue weighted by atomic mass is 16.4.